The lowest BCUT2D eigenvalue weighted by molar-refractivity contribution is -0.219. The van der Waals surface area contributed by atoms with Crippen molar-refractivity contribution in [3.05, 3.63) is 34.9 Å². The lowest BCUT2D eigenvalue weighted by Crippen LogP contribution is -2.63. The van der Waals surface area contributed by atoms with Crippen LogP contribution in [0.5, 0.6) is 0 Å². The molecule has 0 heterocycles. The summed E-state index contributed by atoms with van der Waals surface area (Å²) >= 11 is 0. The Morgan fingerprint density at radius 2 is 1.71 bits per heavy atom. The van der Waals surface area contributed by atoms with E-state index in [0.717, 1.165) is 19.3 Å². The van der Waals surface area contributed by atoms with E-state index in [2.05, 4.69) is 6.92 Å². The van der Waals surface area contributed by atoms with Crippen LogP contribution in [0.15, 0.2) is 34.9 Å². The normalized spacial score (nSPS) is 36.6. The van der Waals surface area contributed by atoms with Gasteiger partial charge in [0.05, 0.1) is 12.2 Å². The van der Waals surface area contributed by atoms with Gasteiger partial charge in [0.25, 0.3) is 0 Å². The molecule has 0 aromatic carbocycles. The molecule has 0 aromatic heterocycles. The van der Waals surface area contributed by atoms with E-state index in [9.17, 15) is 24.6 Å². The fourth-order valence-corrected chi connectivity index (χ4v) is 8.55. The molecule has 0 amide bonds. The lowest BCUT2D eigenvalue weighted by Gasteiger charge is -2.52. The third-order valence-electron chi connectivity index (χ3n) is 11.1. The van der Waals surface area contributed by atoms with E-state index < -0.39 is 52.4 Å². The van der Waals surface area contributed by atoms with Gasteiger partial charge < -0.3 is 19.7 Å². The Morgan fingerprint density at radius 3 is 2.33 bits per heavy atom. The number of carbonyl (C=O) groups is 3. The first kappa shape index (κ1) is 32.7. The number of hydrogen-bond acceptors (Lipinski definition) is 7. The number of rotatable bonds is 12. The van der Waals surface area contributed by atoms with Gasteiger partial charge in [0.15, 0.2) is 11.4 Å². The van der Waals surface area contributed by atoms with Gasteiger partial charge in [0, 0.05) is 47.0 Å². The number of fused-ring (bicyclic) bond motifs is 5. The van der Waals surface area contributed by atoms with E-state index >= 15 is 0 Å². The predicted octanol–water partition coefficient (Wildman–Crippen LogP) is 6.02. The van der Waals surface area contributed by atoms with Crippen LogP contribution in [0.1, 0.15) is 106 Å². The minimum atomic E-state index is -1.45. The van der Waals surface area contributed by atoms with Gasteiger partial charge in [-0.3, -0.25) is 9.59 Å². The number of ketones is 1. The van der Waals surface area contributed by atoms with Crippen molar-refractivity contribution in [1.82, 2.24) is 0 Å². The molecule has 0 saturated heterocycles. The monoisotopic (exact) mass is 584 g/mol. The van der Waals surface area contributed by atoms with Crippen LogP contribution in [-0.2, 0) is 23.9 Å². The number of carbonyl (C=O) groups excluding carboxylic acids is 3. The topological polar surface area (TPSA) is 110 Å². The van der Waals surface area contributed by atoms with Gasteiger partial charge >= 0.3 is 11.9 Å². The molecule has 4 aliphatic carbocycles. The number of Topliss-reactive ketones (excluding diaryl/α,β-unsaturated/α-hetero) is 1. The average Bonchev–Trinajstić information content (AvgIpc) is 3.35. The minimum Gasteiger partial charge on any atom is -0.454 e. The molecule has 4 aliphatic rings. The highest BCUT2D eigenvalue weighted by Crippen LogP contribution is 2.77. The molecule has 0 spiro atoms. The number of ether oxygens (including phenoxy) is 2. The van der Waals surface area contributed by atoms with Crippen LogP contribution < -0.4 is 0 Å². The molecule has 0 unspecified atom stereocenters. The Hall–Kier alpha value is -2.25. The number of aliphatic hydroxyl groups excluding tert-OH is 1. The number of unbranched alkanes of at least 4 members (excludes halogenated alkanes) is 6. The largest absolute Gasteiger partial charge is 0.454 e. The third-order valence-corrected chi connectivity index (χ3v) is 11.1. The van der Waals surface area contributed by atoms with Crippen LogP contribution >= 0.6 is 0 Å². The number of esters is 2. The first-order valence-corrected chi connectivity index (χ1v) is 16.1. The standard InChI is InChI=1S/C35H52O7/c1-8-10-11-12-13-14-15-16-28(37)42-35-30(33(35,6)7)27-19-24(20-36)18-25-26(17-22(4)29(25)38)34(27,40)23(5)31(35)41-32(39)21(3)9-2/h9,17,19,23,25-27,30-31,36,40H,8,10-16,18,20H2,1-7H3/t23-,25-,26-,27+,30-,31-,34+,35-/m1/s1. The third kappa shape index (κ3) is 5.23. The summed E-state index contributed by atoms with van der Waals surface area (Å²) in [5.74, 6) is -3.37. The maximum absolute atomic E-state index is 13.4. The van der Waals surface area contributed by atoms with Crippen molar-refractivity contribution in [2.45, 2.75) is 124 Å². The molecule has 2 fully saturated rings. The van der Waals surface area contributed by atoms with Gasteiger partial charge in [-0.05, 0) is 44.8 Å². The van der Waals surface area contributed by atoms with E-state index in [1.54, 1.807) is 26.8 Å². The summed E-state index contributed by atoms with van der Waals surface area (Å²) in [7, 11) is 0. The van der Waals surface area contributed by atoms with E-state index in [0.29, 0.717) is 23.1 Å². The molecule has 0 radical (unpaired) electrons. The predicted molar refractivity (Wildman–Crippen MR) is 161 cm³/mol. The molecule has 0 aromatic rings. The van der Waals surface area contributed by atoms with Gasteiger partial charge in [-0.25, -0.2) is 4.79 Å². The summed E-state index contributed by atoms with van der Waals surface area (Å²) in [6, 6.07) is 0. The second-order valence-corrected chi connectivity index (χ2v) is 13.9. The van der Waals surface area contributed by atoms with Crippen molar-refractivity contribution in [2.24, 2.45) is 35.0 Å². The molecule has 2 saturated carbocycles. The Kier molecular flexibility index (Phi) is 9.64. The van der Waals surface area contributed by atoms with Crippen LogP contribution in [0, 0.1) is 35.0 Å². The van der Waals surface area contributed by atoms with Crippen molar-refractivity contribution in [3.8, 4) is 0 Å². The Morgan fingerprint density at radius 1 is 1.07 bits per heavy atom. The Bertz CT molecular complexity index is 1160. The summed E-state index contributed by atoms with van der Waals surface area (Å²) in [5, 5.41) is 23.1. The molecular formula is C35H52O7. The van der Waals surface area contributed by atoms with Crippen LogP contribution in [0.4, 0.5) is 0 Å². The lowest BCUT2D eigenvalue weighted by atomic mass is 9.59. The summed E-state index contributed by atoms with van der Waals surface area (Å²) in [6.45, 7) is 13.1. The van der Waals surface area contributed by atoms with Gasteiger partial charge in [-0.15, -0.1) is 0 Å². The highest BCUT2D eigenvalue weighted by Gasteiger charge is 2.87. The quantitative estimate of drug-likeness (QED) is 0.125. The fraction of sp³-hybridized carbons (Fsp3) is 0.743. The van der Waals surface area contributed by atoms with Gasteiger partial charge in [0.2, 0.25) is 0 Å². The van der Waals surface area contributed by atoms with E-state index in [1.807, 2.05) is 32.9 Å². The highest BCUT2D eigenvalue weighted by atomic mass is 16.6. The molecule has 0 bridgehead atoms. The van der Waals surface area contributed by atoms with Gasteiger partial charge in [-0.1, -0.05) is 84.4 Å². The second kappa shape index (κ2) is 12.4. The summed E-state index contributed by atoms with van der Waals surface area (Å²) in [5.41, 5.74) is -1.46. The SMILES string of the molecule is CC=C(C)C(=O)O[C@@H]1[C@@H](C)[C@]2(O)[C@@H]3C=C(C)C(=O)[C@@H]3CC(CO)=C[C@H]2[C@@H]2C(C)(C)[C@]12OC(=O)CCCCCCCCC. The van der Waals surface area contributed by atoms with Crippen LogP contribution in [-0.4, -0.2) is 51.8 Å². The van der Waals surface area contributed by atoms with Crippen LogP contribution in [0.25, 0.3) is 0 Å². The molecular weight excluding hydrogens is 532 g/mol. The highest BCUT2D eigenvalue weighted by molar-refractivity contribution is 6.00. The number of aliphatic hydroxyl groups is 2. The molecule has 4 rings (SSSR count). The molecule has 7 nitrogen and oxygen atoms in total. The van der Waals surface area contributed by atoms with Crippen molar-refractivity contribution < 1.29 is 34.1 Å². The zero-order valence-electron chi connectivity index (χ0n) is 26.7. The first-order chi connectivity index (χ1) is 19.8. The maximum atomic E-state index is 13.4. The second-order valence-electron chi connectivity index (χ2n) is 13.9. The van der Waals surface area contributed by atoms with Gasteiger partial charge in [0.1, 0.15) is 6.10 Å². The van der Waals surface area contributed by atoms with E-state index in [1.165, 1.54) is 25.7 Å². The van der Waals surface area contributed by atoms with Gasteiger partial charge in [-0.2, -0.15) is 0 Å². The zero-order valence-corrected chi connectivity index (χ0v) is 26.7. The molecule has 8 atom stereocenters. The average molecular weight is 585 g/mol. The molecule has 2 N–H and O–H groups in total. The molecule has 42 heavy (non-hydrogen) atoms. The van der Waals surface area contributed by atoms with E-state index in [-0.39, 0.29) is 30.7 Å². The van der Waals surface area contributed by atoms with Crippen molar-refractivity contribution >= 4 is 17.7 Å². The Labute approximate surface area is 251 Å². The maximum Gasteiger partial charge on any atom is 0.333 e. The van der Waals surface area contributed by atoms with Crippen LogP contribution in [0.3, 0.4) is 0 Å². The molecule has 7 heteroatoms. The molecule has 0 aliphatic heterocycles. The smallest absolute Gasteiger partial charge is 0.333 e. The summed E-state index contributed by atoms with van der Waals surface area (Å²) in [4.78, 5) is 39.9. The minimum absolute atomic E-state index is 0.0213. The summed E-state index contributed by atoms with van der Waals surface area (Å²) < 4.78 is 12.7. The van der Waals surface area contributed by atoms with Crippen molar-refractivity contribution in [2.75, 3.05) is 6.61 Å². The zero-order chi connectivity index (χ0) is 31.0. The fourth-order valence-electron chi connectivity index (χ4n) is 8.55. The van der Waals surface area contributed by atoms with E-state index in [4.69, 9.17) is 9.47 Å². The molecule has 234 valence electrons. The summed E-state index contributed by atoms with van der Waals surface area (Å²) in [6.07, 6.45) is 12.8. The van der Waals surface area contributed by atoms with Crippen molar-refractivity contribution in [3.63, 3.8) is 0 Å². The van der Waals surface area contributed by atoms with Crippen LogP contribution in [0.2, 0.25) is 0 Å². The number of hydrogen-bond donors (Lipinski definition) is 2. The first-order valence-electron chi connectivity index (χ1n) is 16.1. The van der Waals surface area contributed by atoms with Crippen molar-refractivity contribution in [1.29, 1.82) is 0 Å². The number of allylic oxidation sites excluding steroid dienone is 2. The Balaban J connectivity index is 1.70.